The molecule has 0 aromatic carbocycles. The van der Waals surface area contributed by atoms with Gasteiger partial charge < -0.3 is 4.90 Å². The molecule has 1 aliphatic rings. The van der Waals surface area contributed by atoms with Crippen LogP contribution in [-0.2, 0) is 4.79 Å². The smallest absolute Gasteiger partial charge is 0.245 e. The van der Waals surface area contributed by atoms with Crippen LogP contribution in [0.15, 0.2) is 12.3 Å². The summed E-state index contributed by atoms with van der Waals surface area (Å²) in [4.78, 5) is 13.3. The Labute approximate surface area is 108 Å². The van der Waals surface area contributed by atoms with Gasteiger partial charge in [0.1, 0.15) is 0 Å². The summed E-state index contributed by atoms with van der Waals surface area (Å²) in [7, 11) is 0. The summed E-state index contributed by atoms with van der Waals surface area (Å²) in [6.07, 6.45) is 4.21. The second kappa shape index (κ2) is 5.37. The molecule has 0 bridgehead atoms. The predicted octanol–water partition coefficient (Wildman–Crippen LogP) is 3.83. The van der Waals surface area contributed by atoms with Gasteiger partial charge in [-0.25, -0.2) is 8.78 Å². The fourth-order valence-electron chi connectivity index (χ4n) is 2.06. The van der Waals surface area contributed by atoms with E-state index in [9.17, 15) is 13.6 Å². The molecular weight excluding hydrogens is 236 g/mol. The first kappa shape index (κ1) is 15.1. The van der Waals surface area contributed by atoms with Crippen molar-refractivity contribution in [1.82, 2.24) is 4.90 Å². The minimum absolute atomic E-state index is 0.0893. The summed E-state index contributed by atoms with van der Waals surface area (Å²) >= 11 is 0. The van der Waals surface area contributed by atoms with Crippen molar-refractivity contribution in [3.8, 4) is 0 Å². The molecule has 0 radical (unpaired) electrons. The minimum atomic E-state index is -2.76. The first-order chi connectivity index (χ1) is 8.09. The van der Waals surface area contributed by atoms with E-state index in [4.69, 9.17) is 0 Å². The number of hydrogen-bond acceptors (Lipinski definition) is 1. The molecule has 1 heterocycles. The number of hydrogen-bond donors (Lipinski definition) is 0. The first-order valence-electron chi connectivity index (χ1n) is 6.45. The van der Waals surface area contributed by atoms with Crippen LogP contribution in [0.3, 0.4) is 0 Å². The van der Waals surface area contributed by atoms with Gasteiger partial charge in [-0.1, -0.05) is 26.8 Å². The van der Waals surface area contributed by atoms with Gasteiger partial charge in [-0.3, -0.25) is 4.79 Å². The van der Waals surface area contributed by atoms with Crippen molar-refractivity contribution < 1.29 is 13.6 Å². The van der Waals surface area contributed by atoms with Crippen LogP contribution in [0.2, 0.25) is 0 Å². The van der Waals surface area contributed by atoms with Gasteiger partial charge >= 0.3 is 0 Å². The normalized spacial score (nSPS) is 21.2. The van der Waals surface area contributed by atoms with Crippen LogP contribution in [0, 0.1) is 11.3 Å². The third-order valence-electron chi connectivity index (χ3n) is 3.39. The summed E-state index contributed by atoms with van der Waals surface area (Å²) in [5.74, 6) is -2.53. The molecule has 18 heavy (non-hydrogen) atoms. The highest BCUT2D eigenvalue weighted by atomic mass is 19.3. The summed E-state index contributed by atoms with van der Waals surface area (Å²) in [5.41, 5.74) is 0.183. The van der Waals surface area contributed by atoms with Crippen molar-refractivity contribution in [3.63, 3.8) is 0 Å². The summed E-state index contributed by atoms with van der Waals surface area (Å²) in [5, 5.41) is 0. The molecule has 0 spiro atoms. The molecule has 0 aromatic rings. The zero-order valence-electron chi connectivity index (χ0n) is 11.7. The maximum atomic E-state index is 12.7. The SMILES string of the molecule is CC(F)(F)CCC(=O)N1C=CC(C(C)(C)C)CC1. The molecular formula is C14H23F2NO. The first-order valence-corrected chi connectivity index (χ1v) is 6.45. The van der Waals surface area contributed by atoms with E-state index in [2.05, 4.69) is 20.8 Å². The average Bonchev–Trinajstić information content (AvgIpc) is 2.24. The number of alkyl halides is 2. The van der Waals surface area contributed by atoms with E-state index in [1.54, 1.807) is 11.1 Å². The number of allylic oxidation sites excluding steroid dienone is 1. The molecule has 1 aliphatic heterocycles. The third-order valence-corrected chi connectivity index (χ3v) is 3.39. The van der Waals surface area contributed by atoms with E-state index in [1.165, 1.54) is 0 Å². The molecule has 4 heteroatoms. The van der Waals surface area contributed by atoms with Crippen LogP contribution in [0.4, 0.5) is 8.78 Å². The van der Waals surface area contributed by atoms with E-state index in [-0.39, 0.29) is 24.2 Å². The number of carbonyl (C=O) groups is 1. The Balaban J connectivity index is 2.49. The van der Waals surface area contributed by atoms with E-state index in [0.29, 0.717) is 12.5 Å². The largest absolute Gasteiger partial charge is 0.319 e. The third kappa shape index (κ3) is 4.75. The molecule has 104 valence electrons. The Morgan fingerprint density at radius 3 is 2.33 bits per heavy atom. The highest BCUT2D eigenvalue weighted by molar-refractivity contribution is 5.77. The number of amides is 1. The quantitative estimate of drug-likeness (QED) is 0.754. The van der Waals surface area contributed by atoms with E-state index in [0.717, 1.165) is 13.3 Å². The lowest BCUT2D eigenvalue weighted by Gasteiger charge is -2.34. The van der Waals surface area contributed by atoms with Crippen LogP contribution >= 0.6 is 0 Å². The second-order valence-corrected chi connectivity index (χ2v) is 6.26. The van der Waals surface area contributed by atoms with Gasteiger partial charge in [-0.2, -0.15) is 0 Å². The summed E-state index contributed by atoms with van der Waals surface area (Å²) < 4.78 is 25.4. The van der Waals surface area contributed by atoms with Gasteiger partial charge in [-0.05, 0) is 24.7 Å². The van der Waals surface area contributed by atoms with Crippen LogP contribution in [0.5, 0.6) is 0 Å². The van der Waals surface area contributed by atoms with Gasteiger partial charge in [0, 0.05) is 25.6 Å². The maximum absolute atomic E-state index is 12.7. The lowest BCUT2D eigenvalue weighted by Crippen LogP contribution is -2.34. The number of carbonyl (C=O) groups excluding carboxylic acids is 1. The molecule has 0 N–H and O–H groups in total. The van der Waals surface area contributed by atoms with Crippen LogP contribution < -0.4 is 0 Å². The van der Waals surface area contributed by atoms with Gasteiger partial charge in [0.2, 0.25) is 11.8 Å². The predicted molar refractivity (Wildman–Crippen MR) is 68.3 cm³/mol. The molecule has 1 rings (SSSR count). The van der Waals surface area contributed by atoms with E-state index < -0.39 is 5.92 Å². The van der Waals surface area contributed by atoms with E-state index in [1.807, 2.05) is 6.08 Å². The number of halogens is 2. The average molecular weight is 259 g/mol. The molecule has 0 saturated heterocycles. The van der Waals surface area contributed by atoms with Crippen LogP contribution in [0.25, 0.3) is 0 Å². The lowest BCUT2D eigenvalue weighted by molar-refractivity contribution is -0.131. The van der Waals surface area contributed by atoms with Crippen molar-refractivity contribution in [1.29, 1.82) is 0 Å². The highest BCUT2D eigenvalue weighted by Gasteiger charge is 2.28. The van der Waals surface area contributed by atoms with E-state index >= 15 is 0 Å². The molecule has 0 saturated carbocycles. The molecule has 1 atom stereocenters. The van der Waals surface area contributed by atoms with Gasteiger partial charge in [0.25, 0.3) is 0 Å². The van der Waals surface area contributed by atoms with Gasteiger partial charge in [-0.15, -0.1) is 0 Å². The van der Waals surface area contributed by atoms with Crippen LogP contribution in [0.1, 0.15) is 47.0 Å². The minimum Gasteiger partial charge on any atom is -0.319 e. The Kier molecular flexibility index (Phi) is 4.51. The summed E-state index contributed by atoms with van der Waals surface area (Å²) in [6, 6.07) is 0. The lowest BCUT2D eigenvalue weighted by atomic mass is 9.78. The Morgan fingerprint density at radius 2 is 1.94 bits per heavy atom. The standard InChI is InChI=1S/C14H23F2NO/c1-13(2,3)11-6-9-17(10-7-11)12(18)5-8-14(4,15)16/h6,9,11H,5,7-8,10H2,1-4H3. The number of rotatable bonds is 3. The van der Waals surface area contributed by atoms with Gasteiger partial charge in [0.05, 0.1) is 0 Å². The molecule has 0 aromatic heterocycles. The fraction of sp³-hybridized carbons (Fsp3) is 0.786. The fourth-order valence-corrected chi connectivity index (χ4v) is 2.06. The summed E-state index contributed by atoms with van der Waals surface area (Å²) in [6.45, 7) is 7.97. The van der Waals surface area contributed by atoms with Crippen molar-refractivity contribution >= 4 is 5.91 Å². The molecule has 0 aliphatic carbocycles. The van der Waals surface area contributed by atoms with Crippen LogP contribution in [-0.4, -0.2) is 23.3 Å². The molecule has 0 fully saturated rings. The zero-order valence-corrected chi connectivity index (χ0v) is 11.7. The van der Waals surface area contributed by atoms with Crippen molar-refractivity contribution in [2.75, 3.05) is 6.54 Å². The van der Waals surface area contributed by atoms with Gasteiger partial charge in [0.15, 0.2) is 0 Å². The second-order valence-electron chi connectivity index (χ2n) is 6.26. The molecule has 1 amide bonds. The Hall–Kier alpha value is -0.930. The topological polar surface area (TPSA) is 20.3 Å². The highest BCUT2D eigenvalue weighted by Crippen LogP contribution is 2.32. The van der Waals surface area contributed by atoms with Crippen molar-refractivity contribution in [3.05, 3.63) is 12.3 Å². The molecule has 2 nitrogen and oxygen atoms in total. The Morgan fingerprint density at radius 1 is 1.33 bits per heavy atom. The Bertz CT molecular complexity index is 326. The number of nitrogens with zero attached hydrogens (tertiary/aromatic N) is 1. The van der Waals surface area contributed by atoms with Crippen molar-refractivity contribution in [2.45, 2.75) is 52.9 Å². The molecule has 1 unspecified atom stereocenters. The van der Waals surface area contributed by atoms with Crippen molar-refractivity contribution in [2.24, 2.45) is 11.3 Å². The zero-order chi connectivity index (χ0) is 14.0. The maximum Gasteiger partial charge on any atom is 0.245 e. The monoisotopic (exact) mass is 259 g/mol.